The van der Waals surface area contributed by atoms with Crippen LogP contribution in [0.15, 0.2) is 48.5 Å². The number of benzene rings is 2. The van der Waals surface area contributed by atoms with Crippen LogP contribution < -0.4 is 5.32 Å². The molecule has 0 unspecified atom stereocenters. The summed E-state index contributed by atoms with van der Waals surface area (Å²) >= 11 is 0. The number of carbonyl (C=O) groups excluding carboxylic acids is 2. The molecule has 0 bridgehead atoms. The zero-order valence-electron chi connectivity index (χ0n) is 16.4. The largest absolute Gasteiger partial charge is 0.464 e. The van der Waals surface area contributed by atoms with Crippen LogP contribution in [-0.4, -0.2) is 29.0 Å². The summed E-state index contributed by atoms with van der Waals surface area (Å²) in [5.74, 6) is -1.10. The van der Waals surface area contributed by atoms with Crippen molar-refractivity contribution in [2.75, 3.05) is 12.4 Å². The topological polar surface area (TPSA) is 84.1 Å². The van der Waals surface area contributed by atoms with Gasteiger partial charge in [-0.2, -0.15) is 13.2 Å². The summed E-state index contributed by atoms with van der Waals surface area (Å²) in [6.07, 6.45) is -4.47. The number of esters is 1. The maximum absolute atomic E-state index is 12.7. The van der Waals surface area contributed by atoms with Gasteiger partial charge in [0.1, 0.15) is 5.69 Å². The zero-order chi connectivity index (χ0) is 22.3. The average Bonchev–Trinajstić information content (AvgIpc) is 3.11. The Hall–Kier alpha value is -3.88. The van der Waals surface area contributed by atoms with Crippen molar-refractivity contribution in [3.05, 3.63) is 71.0 Å². The monoisotopic (exact) mass is 427 g/mol. The number of anilines is 1. The van der Waals surface area contributed by atoms with E-state index in [0.717, 1.165) is 46.1 Å². The Balaban J connectivity index is 1.68. The van der Waals surface area contributed by atoms with Crippen LogP contribution in [0.2, 0.25) is 0 Å². The molecule has 0 saturated heterocycles. The van der Waals surface area contributed by atoms with E-state index in [9.17, 15) is 22.8 Å². The van der Waals surface area contributed by atoms with E-state index in [1.807, 2.05) is 0 Å². The number of hydrogen-bond acceptors (Lipinski definition) is 4. The summed E-state index contributed by atoms with van der Waals surface area (Å²) in [5.41, 5.74) is 2.02. The number of aromatic amines is 1. The molecule has 1 amide bonds. The molecular formula is C22H16F3N3O3. The van der Waals surface area contributed by atoms with Crippen LogP contribution >= 0.6 is 0 Å². The maximum atomic E-state index is 12.7. The van der Waals surface area contributed by atoms with Crippen molar-refractivity contribution in [2.45, 2.75) is 13.1 Å². The number of amides is 1. The van der Waals surface area contributed by atoms with Crippen LogP contribution in [0.1, 0.15) is 32.1 Å². The molecule has 0 radical (unpaired) electrons. The Bertz CT molecular complexity index is 1330. The van der Waals surface area contributed by atoms with E-state index in [-0.39, 0.29) is 11.3 Å². The Labute approximate surface area is 174 Å². The third kappa shape index (κ3) is 3.81. The highest BCUT2D eigenvalue weighted by Crippen LogP contribution is 2.31. The van der Waals surface area contributed by atoms with Gasteiger partial charge in [-0.3, -0.25) is 4.79 Å². The molecule has 0 aliphatic heterocycles. The van der Waals surface area contributed by atoms with Gasteiger partial charge < -0.3 is 15.0 Å². The number of nitrogens with zero attached hydrogens (tertiary/aromatic N) is 1. The number of nitrogens with one attached hydrogen (secondary N) is 2. The number of rotatable bonds is 3. The highest BCUT2D eigenvalue weighted by atomic mass is 19.4. The smallest absolute Gasteiger partial charge is 0.416 e. The number of hydrogen-bond donors (Lipinski definition) is 2. The molecule has 2 heterocycles. The van der Waals surface area contributed by atoms with Crippen molar-refractivity contribution < 1.29 is 27.5 Å². The second-order valence-electron chi connectivity index (χ2n) is 6.92. The van der Waals surface area contributed by atoms with Gasteiger partial charge >= 0.3 is 12.1 Å². The minimum Gasteiger partial charge on any atom is -0.464 e. The molecule has 9 heteroatoms. The van der Waals surface area contributed by atoms with E-state index in [4.69, 9.17) is 4.74 Å². The van der Waals surface area contributed by atoms with E-state index in [2.05, 4.69) is 15.3 Å². The number of pyridine rings is 1. The number of ether oxygens (including phenoxy) is 1. The van der Waals surface area contributed by atoms with E-state index in [1.54, 1.807) is 31.2 Å². The fourth-order valence-corrected chi connectivity index (χ4v) is 3.35. The molecular weight excluding hydrogens is 411 g/mol. The normalized spacial score (nSPS) is 11.6. The first kappa shape index (κ1) is 20.4. The number of alkyl halides is 3. The Morgan fingerprint density at radius 2 is 1.74 bits per heavy atom. The fourth-order valence-electron chi connectivity index (χ4n) is 3.35. The lowest BCUT2D eigenvalue weighted by Gasteiger charge is -2.08. The average molecular weight is 427 g/mol. The lowest BCUT2D eigenvalue weighted by molar-refractivity contribution is -0.137. The summed E-state index contributed by atoms with van der Waals surface area (Å²) in [6, 6.07) is 10.7. The molecule has 0 aliphatic rings. The molecule has 2 N–H and O–H groups in total. The van der Waals surface area contributed by atoms with Gasteiger partial charge in [0.2, 0.25) is 0 Å². The van der Waals surface area contributed by atoms with E-state index in [1.165, 1.54) is 7.11 Å². The van der Waals surface area contributed by atoms with E-state index >= 15 is 0 Å². The second-order valence-corrected chi connectivity index (χ2v) is 6.92. The van der Waals surface area contributed by atoms with Gasteiger partial charge in [0.15, 0.2) is 0 Å². The highest BCUT2D eigenvalue weighted by molar-refractivity contribution is 6.12. The Kier molecular flexibility index (Phi) is 4.88. The van der Waals surface area contributed by atoms with Gasteiger partial charge in [0.05, 0.1) is 23.9 Å². The molecule has 158 valence electrons. The molecule has 6 nitrogen and oxygen atoms in total. The number of aryl methyl sites for hydroxylation is 1. The standard InChI is InChI=1S/C22H16F3N3O3/c1-11-19-16(10-18(26-11)21(30)31-2)15-9-14(7-8-17(15)28-19)27-20(29)12-3-5-13(6-4-12)22(23,24)25/h3-10,28H,1-2H3,(H,27,29). The van der Waals surface area contributed by atoms with Crippen molar-refractivity contribution in [2.24, 2.45) is 0 Å². The fraction of sp³-hybridized carbons (Fsp3) is 0.136. The van der Waals surface area contributed by atoms with Gasteiger partial charge in [-0.1, -0.05) is 0 Å². The quantitative estimate of drug-likeness (QED) is 0.447. The Morgan fingerprint density at radius 1 is 1.03 bits per heavy atom. The Morgan fingerprint density at radius 3 is 2.39 bits per heavy atom. The first-order valence-electron chi connectivity index (χ1n) is 9.17. The first-order valence-corrected chi connectivity index (χ1v) is 9.17. The second kappa shape index (κ2) is 7.42. The summed E-state index contributed by atoms with van der Waals surface area (Å²) in [6.45, 7) is 1.76. The number of halogens is 3. The molecule has 31 heavy (non-hydrogen) atoms. The number of carbonyl (C=O) groups is 2. The summed E-state index contributed by atoms with van der Waals surface area (Å²) < 4.78 is 42.9. The van der Waals surface area contributed by atoms with Gasteiger partial charge in [0, 0.05) is 27.5 Å². The summed E-state index contributed by atoms with van der Waals surface area (Å²) in [5, 5.41) is 4.16. The highest BCUT2D eigenvalue weighted by Gasteiger charge is 2.30. The summed E-state index contributed by atoms with van der Waals surface area (Å²) in [4.78, 5) is 31.9. The number of methoxy groups -OCH3 is 1. The lowest BCUT2D eigenvalue weighted by atomic mass is 10.1. The molecule has 4 rings (SSSR count). The lowest BCUT2D eigenvalue weighted by Crippen LogP contribution is -2.12. The minimum absolute atomic E-state index is 0.0973. The first-order chi connectivity index (χ1) is 14.7. The molecule has 0 fully saturated rings. The van der Waals surface area contributed by atoms with Crippen molar-refractivity contribution in [1.29, 1.82) is 0 Å². The molecule has 2 aromatic heterocycles. The molecule has 0 saturated carbocycles. The van der Waals surface area contributed by atoms with Crippen LogP contribution in [-0.2, 0) is 10.9 Å². The third-order valence-electron chi connectivity index (χ3n) is 4.90. The predicted molar refractivity (Wildman–Crippen MR) is 109 cm³/mol. The van der Waals surface area contributed by atoms with Crippen LogP contribution in [0.3, 0.4) is 0 Å². The van der Waals surface area contributed by atoms with Crippen molar-refractivity contribution in [3.63, 3.8) is 0 Å². The SMILES string of the molecule is COC(=O)c1cc2c([nH]c3ccc(NC(=O)c4ccc(C(F)(F)F)cc4)cc32)c(C)n1. The molecule has 0 spiro atoms. The van der Waals surface area contributed by atoms with Gasteiger partial charge in [-0.05, 0) is 55.5 Å². The molecule has 2 aromatic carbocycles. The molecule has 0 atom stereocenters. The number of H-pyrrole nitrogens is 1. The predicted octanol–water partition coefficient (Wildman–Crippen LogP) is 5.08. The number of aromatic nitrogens is 2. The molecule has 0 aliphatic carbocycles. The van der Waals surface area contributed by atoms with Gasteiger partial charge in [-0.25, -0.2) is 9.78 Å². The van der Waals surface area contributed by atoms with Gasteiger partial charge in [0.25, 0.3) is 5.91 Å². The van der Waals surface area contributed by atoms with Crippen LogP contribution in [0.4, 0.5) is 18.9 Å². The molecule has 4 aromatic rings. The van der Waals surface area contributed by atoms with Crippen LogP contribution in [0.5, 0.6) is 0 Å². The van der Waals surface area contributed by atoms with Crippen molar-refractivity contribution in [1.82, 2.24) is 9.97 Å². The van der Waals surface area contributed by atoms with Crippen molar-refractivity contribution >= 4 is 39.4 Å². The van der Waals surface area contributed by atoms with Crippen LogP contribution in [0.25, 0.3) is 21.8 Å². The van der Waals surface area contributed by atoms with Crippen molar-refractivity contribution in [3.8, 4) is 0 Å². The zero-order valence-corrected chi connectivity index (χ0v) is 16.4. The minimum atomic E-state index is -4.47. The third-order valence-corrected chi connectivity index (χ3v) is 4.90. The summed E-state index contributed by atoms with van der Waals surface area (Å²) in [7, 11) is 1.27. The van der Waals surface area contributed by atoms with Gasteiger partial charge in [-0.15, -0.1) is 0 Å². The number of fused-ring (bicyclic) bond motifs is 3. The maximum Gasteiger partial charge on any atom is 0.416 e. The van der Waals surface area contributed by atoms with E-state index in [0.29, 0.717) is 11.4 Å². The van der Waals surface area contributed by atoms with E-state index < -0.39 is 23.6 Å². The van der Waals surface area contributed by atoms with Crippen LogP contribution in [0, 0.1) is 6.92 Å².